The van der Waals surface area contributed by atoms with E-state index in [0.717, 1.165) is 36.3 Å². The summed E-state index contributed by atoms with van der Waals surface area (Å²) in [6, 6.07) is 1.94. The van der Waals surface area contributed by atoms with Crippen LogP contribution in [0.15, 0.2) is 30.9 Å². The molecule has 6 heteroatoms. The predicted octanol–water partition coefficient (Wildman–Crippen LogP) is 2.85. The van der Waals surface area contributed by atoms with Crippen LogP contribution >= 0.6 is 0 Å². The molecule has 0 radical (unpaired) electrons. The number of rotatable bonds is 9. The highest BCUT2D eigenvalue weighted by Gasteiger charge is 2.18. The molecule has 0 saturated heterocycles. The Morgan fingerprint density at radius 3 is 2.91 bits per heavy atom. The van der Waals surface area contributed by atoms with E-state index < -0.39 is 0 Å². The fourth-order valence-corrected chi connectivity index (χ4v) is 2.24. The van der Waals surface area contributed by atoms with Crippen LogP contribution in [0.5, 0.6) is 0 Å². The molecule has 124 valence electrons. The van der Waals surface area contributed by atoms with E-state index in [1.807, 2.05) is 13.0 Å². The van der Waals surface area contributed by atoms with Gasteiger partial charge in [0.15, 0.2) is 0 Å². The quantitative estimate of drug-likeness (QED) is 0.722. The first-order chi connectivity index (χ1) is 11.2. The SMILES string of the molecule is CCCCCOCC(=O)N(Cc1ncc[nH]1)c1cncc(C)c1. The second-order valence-corrected chi connectivity index (χ2v) is 5.50. The molecule has 1 amide bonds. The first-order valence-corrected chi connectivity index (χ1v) is 7.98. The molecule has 0 atom stereocenters. The Labute approximate surface area is 136 Å². The Morgan fingerprint density at radius 2 is 2.22 bits per heavy atom. The molecule has 0 unspecified atom stereocenters. The lowest BCUT2D eigenvalue weighted by Crippen LogP contribution is -2.34. The van der Waals surface area contributed by atoms with Crippen LogP contribution in [-0.2, 0) is 16.1 Å². The number of nitrogens with zero attached hydrogens (tertiary/aromatic N) is 3. The maximum atomic E-state index is 12.5. The van der Waals surface area contributed by atoms with E-state index in [0.29, 0.717) is 13.2 Å². The summed E-state index contributed by atoms with van der Waals surface area (Å²) in [5, 5.41) is 0. The zero-order valence-electron chi connectivity index (χ0n) is 13.8. The van der Waals surface area contributed by atoms with Crippen molar-refractivity contribution in [2.24, 2.45) is 0 Å². The fourth-order valence-electron chi connectivity index (χ4n) is 2.24. The molecule has 2 heterocycles. The highest BCUT2D eigenvalue weighted by molar-refractivity contribution is 5.94. The van der Waals surface area contributed by atoms with Gasteiger partial charge in [-0.15, -0.1) is 0 Å². The largest absolute Gasteiger partial charge is 0.372 e. The third-order valence-corrected chi connectivity index (χ3v) is 3.45. The van der Waals surface area contributed by atoms with E-state index in [-0.39, 0.29) is 12.5 Å². The molecule has 0 spiro atoms. The van der Waals surface area contributed by atoms with Crippen LogP contribution in [-0.4, -0.2) is 34.1 Å². The number of aromatic amines is 1. The van der Waals surface area contributed by atoms with Gasteiger partial charge < -0.3 is 14.6 Å². The number of anilines is 1. The molecule has 2 aromatic rings. The Bertz CT molecular complexity index is 598. The summed E-state index contributed by atoms with van der Waals surface area (Å²) in [4.78, 5) is 25.6. The number of imidazole rings is 1. The minimum Gasteiger partial charge on any atom is -0.372 e. The van der Waals surface area contributed by atoms with Crippen LogP contribution in [0.2, 0.25) is 0 Å². The van der Waals surface area contributed by atoms with Crippen LogP contribution in [0.25, 0.3) is 0 Å². The predicted molar refractivity (Wildman–Crippen MR) is 89.1 cm³/mol. The van der Waals surface area contributed by atoms with Gasteiger partial charge in [-0.25, -0.2) is 4.98 Å². The topological polar surface area (TPSA) is 71.1 Å². The molecule has 6 nitrogen and oxygen atoms in total. The zero-order chi connectivity index (χ0) is 16.5. The van der Waals surface area contributed by atoms with Crippen molar-refractivity contribution in [3.8, 4) is 0 Å². The van der Waals surface area contributed by atoms with E-state index in [4.69, 9.17) is 4.74 Å². The van der Waals surface area contributed by atoms with Gasteiger partial charge in [0.1, 0.15) is 12.4 Å². The third-order valence-electron chi connectivity index (χ3n) is 3.45. The molecule has 2 rings (SSSR count). The lowest BCUT2D eigenvalue weighted by Gasteiger charge is -2.22. The Balaban J connectivity index is 2.02. The van der Waals surface area contributed by atoms with Gasteiger partial charge in [-0.2, -0.15) is 0 Å². The van der Waals surface area contributed by atoms with Crippen molar-refractivity contribution in [1.82, 2.24) is 15.0 Å². The van der Waals surface area contributed by atoms with Crippen LogP contribution in [0, 0.1) is 6.92 Å². The molecule has 0 aliphatic carbocycles. The summed E-state index contributed by atoms with van der Waals surface area (Å²) in [5.41, 5.74) is 1.76. The van der Waals surface area contributed by atoms with E-state index in [1.54, 1.807) is 29.7 Å². The van der Waals surface area contributed by atoms with Crippen LogP contribution in [0.4, 0.5) is 5.69 Å². The summed E-state index contributed by atoms with van der Waals surface area (Å²) in [6.07, 6.45) is 10.1. The number of carbonyl (C=O) groups is 1. The standard InChI is InChI=1S/C17H24N4O2/c1-3-4-5-8-23-13-17(22)21(12-16-19-6-7-20-16)15-9-14(2)10-18-11-15/h6-7,9-11H,3-5,8,12-13H2,1-2H3,(H,19,20). The number of pyridine rings is 1. The number of amides is 1. The second kappa shape index (κ2) is 9.05. The molecule has 0 bridgehead atoms. The van der Waals surface area contributed by atoms with Gasteiger partial charge in [-0.05, 0) is 25.0 Å². The summed E-state index contributed by atoms with van der Waals surface area (Å²) < 4.78 is 5.51. The van der Waals surface area contributed by atoms with Crippen molar-refractivity contribution < 1.29 is 9.53 Å². The van der Waals surface area contributed by atoms with Gasteiger partial charge in [0.2, 0.25) is 0 Å². The number of hydrogen-bond donors (Lipinski definition) is 1. The molecular weight excluding hydrogens is 292 g/mol. The molecule has 0 saturated carbocycles. The first kappa shape index (κ1) is 17.1. The highest BCUT2D eigenvalue weighted by Crippen LogP contribution is 2.17. The number of ether oxygens (including phenoxy) is 1. The third kappa shape index (κ3) is 5.49. The first-order valence-electron chi connectivity index (χ1n) is 7.98. The normalized spacial score (nSPS) is 10.7. The van der Waals surface area contributed by atoms with E-state index >= 15 is 0 Å². The molecule has 0 aromatic carbocycles. The summed E-state index contributed by atoms with van der Waals surface area (Å²) in [7, 11) is 0. The molecular formula is C17H24N4O2. The van der Waals surface area contributed by atoms with E-state index in [1.165, 1.54) is 0 Å². The van der Waals surface area contributed by atoms with Crippen molar-refractivity contribution in [3.63, 3.8) is 0 Å². The van der Waals surface area contributed by atoms with Gasteiger partial charge >= 0.3 is 0 Å². The number of unbranched alkanes of at least 4 members (excludes halogenated alkanes) is 2. The van der Waals surface area contributed by atoms with Crippen LogP contribution in [0.3, 0.4) is 0 Å². The summed E-state index contributed by atoms with van der Waals surface area (Å²) in [6.45, 7) is 5.14. The molecule has 23 heavy (non-hydrogen) atoms. The maximum absolute atomic E-state index is 12.5. The van der Waals surface area contributed by atoms with Crippen molar-refractivity contribution >= 4 is 11.6 Å². The van der Waals surface area contributed by atoms with Gasteiger partial charge in [0, 0.05) is 25.2 Å². The number of nitrogens with one attached hydrogen (secondary N) is 1. The average Bonchev–Trinajstić information content (AvgIpc) is 3.05. The molecule has 2 aromatic heterocycles. The molecule has 0 fully saturated rings. The van der Waals surface area contributed by atoms with E-state index in [9.17, 15) is 4.79 Å². The zero-order valence-corrected chi connectivity index (χ0v) is 13.8. The Morgan fingerprint density at radius 1 is 1.35 bits per heavy atom. The number of aromatic nitrogens is 3. The van der Waals surface area contributed by atoms with Gasteiger partial charge in [-0.1, -0.05) is 19.8 Å². The van der Waals surface area contributed by atoms with Crippen LogP contribution in [0.1, 0.15) is 37.6 Å². The summed E-state index contributed by atoms with van der Waals surface area (Å²) >= 11 is 0. The monoisotopic (exact) mass is 316 g/mol. The Hall–Kier alpha value is -2.21. The maximum Gasteiger partial charge on any atom is 0.253 e. The number of hydrogen-bond acceptors (Lipinski definition) is 4. The van der Waals surface area contributed by atoms with Crippen molar-refractivity contribution in [2.75, 3.05) is 18.1 Å². The second-order valence-electron chi connectivity index (χ2n) is 5.50. The molecule has 0 aliphatic rings. The van der Waals surface area contributed by atoms with E-state index in [2.05, 4.69) is 21.9 Å². The summed E-state index contributed by atoms with van der Waals surface area (Å²) in [5.74, 6) is 0.635. The fraction of sp³-hybridized carbons (Fsp3) is 0.471. The van der Waals surface area contributed by atoms with Crippen molar-refractivity contribution in [2.45, 2.75) is 39.7 Å². The van der Waals surface area contributed by atoms with Crippen LogP contribution < -0.4 is 4.90 Å². The minimum absolute atomic E-state index is 0.0678. The number of H-pyrrole nitrogens is 1. The minimum atomic E-state index is -0.0923. The van der Waals surface area contributed by atoms with Gasteiger partial charge in [-0.3, -0.25) is 9.78 Å². The smallest absolute Gasteiger partial charge is 0.253 e. The highest BCUT2D eigenvalue weighted by atomic mass is 16.5. The van der Waals surface area contributed by atoms with Gasteiger partial charge in [0.25, 0.3) is 5.91 Å². The molecule has 1 N–H and O–H groups in total. The number of carbonyl (C=O) groups excluding carboxylic acids is 1. The molecule has 0 aliphatic heterocycles. The van der Waals surface area contributed by atoms with Crippen molar-refractivity contribution in [1.29, 1.82) is 0 Å². The average molecular weight is 316 g/mol. The van der Waals surface area contributed by atoms with Crippen molar-refractivity contribution in [3.05, 3.63) is 42.2 Å². The lowest BCUT2D eigenvalue weighted by atomic mass is 10.2. The Kier molecular flexibility index (Phi) is 6.75. The van der Waals surface area contributed by atoms with Gasteiger partial charge in [0.05, 0.1) is 18.4 Å². The lowest BCUT2D eigenvalue weighted by molar-refractivity contribution is -0.123. The number of aryl methyl sites for hydroxylation is 1.